The van der Waals surface area contributed by atoms with Gasteiger partial charge in [0.05, 0.1) is 20.8 Å². The van der Waals surface area contributed by atoms with E-state index in [1.54, 1.807) is 30.9 Å². The summed E-state index contributed by atoms with van der Waals surface area (Å²) in [6.07, 6.45) is 18.3. The molecule has 4 rings (SSSR count). The van der Waals surface area contributed by atoms with Gasteiger partial charge in [-0.1, -0.05) is 63.5 Å². The van der Waals surface area contributed by atoms with Crippen molar-refractivity contribution in [1.82, 2.24) is 10.2 Å². The molecule has 2 aromatic rings. The maximum absolute atomic E-state index is 13.0. The van der Waals surface area contributed by atoms with E-state index in [0.717, 1.165) is 139 Å². The van der Waals surface area contributed by atoms with Gasteiger partial charge in [-0.3, -0.25) is 9.79 Å². The molecule has 0 spiro atoms. The standard InChI is InChI=1S/C45H67N3O3/c1-8-15-34(10-3)45(49)37-25-23-33(24-26-37)17-11-12-18-35-19-14-22-43(46-29-30-48(4)5)47-44(40(35)16-9-2)36-20-13-21-38-31-41(50-6)42(51-7)32-39(38)28-27-36/h23-26,31-32,34H,8-22,27-30H2,1-7H3,(H,46,47)/b40-35-,44-36?. The number of aliphatic imine (C=N–C) groups is 1. The molecule has 0 bridgehead atoms. The molecule has 0 saturated carbocycles. The quantitative estimate of drug-likeness (QED) is 0.132. The van der Waals surface area contributed by atoms with E-state index in [-0.39, 0.29) is 5.92 Å². The molecular weight excluding hydrogens is 631 g/mol. The lowest BCUT2D eigenvalue weighted by atomic mass is 9.84. The molecule has 1 heterocycles. The number of rotatable bonds is 17. The van der Waals surface area contributed by atoms with Gasteiger partial charge in [-0.05, 0) is 144 Å². The molecule has 1 unspecified atom stereocenters. The minimum atomic E-state index is 0.149. The Morgan fingerprint density at radius 2 is 1.51 bits per heavy atom. The van der Waals surface area contributed by atoms with E-state index >= 15 is 0 Å². The lowest BCUT2D eigenvalue weighted by Gasteiger charge is -2.28. The number of nitrogens with zero attached hydrogens (tertiary/aromatic N) is 2. The van der Waals surface area contributed by atoms with Crippen LogP contribution in [0, 0.1) is 5.92 Å². The van der Waals surface area contributed by atoms with Crippen LogP contribution < -0.4 is 14.8 Å². The third-order valence-electron chi connectivity index (χ3n) is 10.9. The number of likely N-dealkylation sites (N-methyl/N-ethyl adjacent to an activating group) is 1. The number of benzene rings is 2. The highest BCUT2D eigenvalue weighted by Gasteiger charge is 2.23. The molecule has 1 aliphatic heterocycles. The van der Waals surface area contributed by atoms with Crippen molar-refractivity contribution in [2.45, 2.75) is 130 Å². The zero-order chi connectivity index (χ0) is 36.6. The monoisotopic (exact) mass is 698 g/mol. The summed E-state index contributed by atoms with van der Waals surface area (Å²) in [5.41, 5.74) is 11.1. The number of ether oxygens (including phenoxy) is 2. The van der Waals surface area contributed by atoms with E-state index in [1.807, 2.05) is 0 Å². The van der Waals surface area contributed by atoms with E-state index in [4.69, 9.17) is 14.5 Å². The van der Waals surface area contributed by atoms with Crippen molar-refractivity contribution >= 4 is 11.6 Å². The second-order valence-corrected chi connectivity index (χ2v) is 14.9. The molecule has 1 aliphatic carbocycles. The molecule has 0 aromatic heterocycles. The molecule has 6 nitrogen and oxygen atoms in total. The minimum Gasteiger partial charge on any atom is -0.493 e. The predicted octanol–water partition coefficient (Wildman–Crippen LogP) is 10.5. The Kier molecular flexibility index (Phi) is 16.8. The summed E-state index contributed by atoms with van der Waals surface area (Å²) < 4.78 is 11.3. The van der Waals surface area contributed by atoms with Gasteiger partial charge >= 0.3 is 0 Å². The number of ketones is 1. The number of Topliss-reactive ketones (excluding diaryl/α,β-unsaturated/α-hetero) is 1. The van der Waals surface area contributed by atoms with Crippen molar-refractivity contribution < 1.29 is 14.3 Å². The maximum atomic E-state index is 13.0. The summed E-state index contributed by atoms with van der Waals surface area (Å²) in [7, 11) is 7.70. The van der Waals surface area contributed by atoms with Gasteiger partial charge in [0.15, 0.2) is 17.3 Å². The van der Waals surface area contributed by atoms with Crippen LogP contribution in [0.4, 0.5) is 0 Å². The average Bonchev–Trinajstić information content (AvgIpc) is 3.12. The van der Waals surface area contributed by atoms with Gasteiger partial charge in [0.1, 0.15) is 5.84 Å². The molecule has 1 atom stereocenters. The van der Waals surface area contributed by atoms with E-state index in [1.165, 1.54) is 28.8 Å². The third-order valence-corrected chi connectivity index (χ3v) is 10.9. The van der Waals surface area contributed by atoms with Crippen molar-refractivity contribution in [2.24, 2.45) is 10.9 Å². The summed E-state index contributed by atoms with van der Waals surface area (Å²) in [5.74, 6) is 3.26. The number of allylic oxidation sites excluding steroid dienone is 3. The molecule has 2 aliphatic rings. The summed E-state index contributed by atoms with van der Waals surface area (Å²) in [6.45, 7) is 8.40. The number of carbonyl (C=O) groups excluding carboxylic acids is 1. The van der Waals surface area contributed by atoms with E-state index in [0.29, 0.717) is 5.78 Å². The number of aryl methyl sites for hydroxylation is 3. The zero-order valence-electron chi connectivity index (χ0n) is 33.1. The van der Waals surface area contributed by atoms with Crippen LogP contribution in [0.5, 0.6) is 11.5 Å². The number of hydrogen-bond donors (Lipinski definition) is 1. The SMILES string of the molecule is CCC/C1=C(\CCCCc2ccc(C(=O)C(CC)CCC)cc2)CCCC(=NCCN(C)C)NC1=C1CCCc2cc(OC)c(OC)cc2CC1. The molecule has 280 valence electrons. The molecule has 2 aromatic carbocycles. The third kappa shape index (κ3) is 11.8. The lowest BCUT2D eigenvalue weighted by Crippen LogP contribution is -2.29. The average molecular weight is 698 g/mol. The highest BCUT2D eigenvalue weighted by atomic mass is 16.5. The first-order valence-electron chi connectivity index (χ1n) is 20.1. The zero-order valence-corrected chi connectivity index (χ0v) is 33.1. The Morgan fingerprint density at radius 3 is 2.16 bits per heavy atom. The van der Waals surface area contributed by atoms with Crippen LogP contribution in [0.1, 0.15) is 138 Å². The molecule has 1 N–H and O–H groups in total. The van der Waals surface area contributed by atoms with Crippen LogP contribution in [0.25, 0.3) is 0 Å². The smallest absolute Gasteiger partial charge is 0.165 e. The number of amidine groups is 1. The first-order chi connectivity index (χ1) is 24.8. The maximum Gasteiger partial charge on any atom is 0.165 e. The first-order valence-corrected chi connectivity index (χ1v) is 20.1. The number of unbranched alkanes of at least 4 members (excludes halogenated alkanes) is 1. The predicted molar refractivity (Wildman–Crippen MR) is 215 cm³/mol. The highest BCUT2D eigenvalue weighted by Crippen LogP contribution is 2.37. The normalized spacial score (nSPS) is 19.8. The van der Waals surface area contributed by atoms with E-state index in [9.17, 15) is 4.79 Å². The fourth-order valence-electron chi connectivity index (χ4n) is 7.90. The lowest BCUT2D eigenvalue weighted by molar-refractivity contribution is 0.0909. The molecule has 0 fully saturated rings. The van der Waals surface area contributed by atoms with Gasteiger partial charge in [-0.25, -0.2) is 0 Å². The highest BCUT2D eigenvalue weighted by molar-refractivity contribution is 5.97. The number of hydrogen-bond acceptors (Lipinski definition) is 5. The van der Waals surface area contributed by atoms with Crippen molar-refractivity contribution in [1.29, 1.82) is 0 Å². The van der Waals surface area contributed by atoms with Gasteiger partial charge in [-0.2, -0.15) is 0 Å². The summed E-state index contributed by atoms with van der Waals surface area (Å²) in [6, 6.07) is 12.9. The molecule has 0 radical (unpaired) electrons. The van der Waals surface area contributed by atoms with Crippen molar-refractivity contribution in [3.05, 3.63) is 81.1 Å². The van der Waals surface area contributed by atoms with Crippen LogP contribution in [0.2, 0.25) is 0 Å². The van der Waals surface area contributed by atoms with Gasteiger partial charge in [0, 0.05) is 30.1 Å². The second kappa shape index (κ2) is 21.2. The van der Waals surface area contributed by atoms with Crippen molar-refractivity contribution in [3.8, 4) is 11.5 Å². The Hall–Kier alpha value is -3.38. The Bertz CT molecular complexity index is 1500. The molecular formula is C45H67N3O3. The van der Waals surface area contributed by atoms with E-state index in [2.05, 4.69) is 81.5 Å². The summed E-state index contributed by atoms with van der Waals surface area (Å²) >= 11 is 0. The topological polar surface area (TPSA) is 63.2 Å². The van der Waals surface area contributed by atoms with Crippen molar-refractivity contribution in [3.63, 3.8) is 0 Å². The van der Waals surface area contributed by atoms with E-state index < -0.39 is 0 Å². The summed E-state index contributed by atoms with van der Waals surface area (Å²) in [4.78, 5) is 20.3. The van der Waals surface area contributed by atoms with Crippen LogP contribution in [0.3, 0.4) is 0 Å². The molecule has 6 heteroatoms. The number of nitrogens with one attached hydrogen (secondary N) is 1. The minimum absolute atomic E-state index is 0.149. The van der Waals surface area contributed by atoms with Gasteiger partial charge in [-0.15, -0.1) is 0 Å². The van der Waals surface area contributed by atoms with Crippen LogP contribution in [-0.4, -0.2) is 57.9 Å². The Balaban J connectivity index is 1.56. The van der Waals surface area contributed by atoms with Gasteiger partial charge in [0.25, 0.3) is 0 Å². The molecule has 51 heavy (non-hydrogen) atoms. The molecule has 0 amide bonds. The number of fused-ring (bicyclic) bond motifs is 1. The largest absolute Gasteiger partial charge is 0.493 e. The Labute approximate surface area is 310 Å². The van der Waals surface area contributed by atoms with Gasteiger partial charge in [0.2, 0.25) is 0 Å². The van der Waals surface area contributed by atoms with Crippen LogP contribution in [-0.2, 0) is 19.3 Å². The van der Waals surface area contributed by atoms with Crippen LogP contribution >= 0.6 is 0 Å². The van der Waals surface area contributed by atoms with Crippen LogP contribution in [0.15, 0.2) is 63.8 Å². The van der Waals surface area contributed by atoms with Crippen molar-refractivity contribution in [2.75, 3.05) is 41.4 Å². The second-order valence-electron chi connectivity index (χ2n) is 14.9. The fourth-order valence-corrected chi connectivity index (χ4v) is 7.90. The summed E-state index contributed by atoms with van der Waals surface area (Å²) in [5, 5.41) is 4.01. The first kappa shape index (κ1) is 40.4. The van der Waals surface area contributed by atoms with Gasteiger partial charge < -0.3 is 19.7 Å². The number of carbonyl (C=O) groups is 1. The number of methoxy groups -OCH3 is 2. The molecule has 0 saturated heterocycles. The fraction of sp³-hybridized carbons (Fsp3) is 0.600. The Morgan fingerprint density at radius 1 is 0.824 bits per heavy atom.